The third-order valence-corrected chi connectivity index (χ3v) is 5.05. The number of nitrogens with zero attached hydrogens (tertiary/aromatic N) is 3. The number of nitro benzene ring substituents is 1. The monoisotopic (exact) mass is 345 g/mol. The third kappa shape index (κ3) is 3.97. The highest BCUT2D eigenvalue weighted by atomic mass is 16.6. The van der Waals surface area contributed by atoms with Crippen LogP contribution in [0, 0.1) is 16.0 Å². The van der Waals surface area contributed by atoms with E-state index in [9.17, 15) is 19.7 Å². The van der Waals surface area contributed by atoms with Gasteiger partial charge in [-0.25, -0.2) is 0 Å². The normalized spacial score (nSPS) is 21.0. The zero-order valence-corrected chi connectivity index (χ0v) is 14.2. The molecule has 3 rings (SSSR count). The minimum Gasteiger partial charge on any atom is -0.342 e. The minimum absolute atomic E-state index is 0.0339. The van der Waals surface area contributed by atoms with Crippen molar-refractivity contribution in [2.24, 2.45) is 5.92 Å². The fourth-order valence-corrected chi connectivity index (χ4v) is 3.64. The zero-order chi connectivity index (χ0) is 17.8. The SMILES string of the molecule is O=C(c1ccc([N+](=O)[O-])cc1)N1CCC[C@H](C(=O)N2CCCCC2)C1. The lowest BCUT2D eigenvalue weighted by Crippen LogP contribution is -2.47. The molecule has 1 aromatic rings. The van der Waals surface area contributed by atoms with E-state index in [-0.39, 0.29) is 23.4 Å². The molecule has 0 N–H and O–H groups in total. The molecule has 134 valence electrons. The maximum atomic E-state index is 12.7. The number of amides is 2. The van der Waals surface area contributed by atoms with E-state index in [1.807, 2.05) is 4.90 Å². The second-order valence-electron chi connectivity index (χ2n) is 6.78. The molecule has 0 spiro atoms. The Balaban J connectivity index is 1.64. The number of rotatable bonds is 3. The Labute approximate surface area is 146 Å². The quantitative estimate of drug-likeness (QED) is 0.622. The van der Waals surface area contributed by atoms with Gasteiger partial charge in [0.2, 0.25) is 5.91 Å². The van der Waals surface area contributed by atoms with Crippen LogP contribution in [0.4, 0.5) is 5.69 Å². The van der Waals surface area contributed by atoms with Crippen LogP contribution in [0.3, 0.4) is 0 Å². The Kier molecular flexibility index (Phi) is 5.31. The number of carbonyl (C=O) groups is 2. The van der Waals surface area contributed by atoms with Gasteiger partial charge in [0.1, 0.15) is 0 Å². The summed E-state index contributed by atoms with van der Waals surface area (Å²) in [7, 11) is 0. The van der Waals surface area contributed by atoms with Crippen LogP contribution >= 0.6 is 0 Å². The predicted octanol–water partition coefficient (Wildman–Crippen LogP) is 2.46. The van der Waals surface area contributed by atoms with Crippen LogP contribution in [-0.4, -0.2) is 52.7 Å². The van der Waals surface area contributed by atoms with Gasteiger partial charge in [-0.1, -0.05) is 0 Å². The summed E-state index contributed by atoms with van der Waals surface area (Å²) in [5.74, 6) is -0.124. The smallest absolute Gasteiger partial charge is 0.269 e. The van der Waals surface area contributed by atoms with Gasteiger partial charge >= 0.3 is 0 Å². The summed E-state index contributed by atoms with van der Waals surface area (Å²) < 4.78 is 0. The van der Waals surface area contributed by atoms with Crippen LogP contribution in [-0.2, 0) is 4.79 Å². The molecule has 7 heteroatoms. The Morgan fingerprint density at radius 2 is 1.60 bits per heavy atom. The summed E-state index contributed by atoms with van der Waals surface area (Å²) in [6.07, 6.45) is 4.93. The van der Waals surface area contributed by atoms with Crippen molar-refractivity contribution >= 4 is 17.5 Å². The molecule has 2 aliphatic heterocycles. The number of benzene rings is 1. The molecule has 0 aliphatic carbocycles. The fraction of sp³-hybridized carbons (Fsp3) is 0.556. The van der Waals surface area contributed by atoms with Crippen LogP contribution < -0.4 is 0 Å². The average molecular weight is 345 g/mol. The first-order valence-electron chi connectivity index (χ1n) is 8.89. The first-order valence-corrected chi connectivity index (χ1v) is 8.89. The molecule has 2 aliphatic rings. The van der Waals surface area contributed by atoms with E-state index in [4.69, 9.17) is 0 Å². The van der Waals surface area contributed by atoms with Crippen molar-refractivity contribution in [1.82, 2.24) is 9.80 Å². The summed E-state index contributed by atoms with van der Waals surface area (Å²) in [4.78, 5) is 39.2. The van der Waals surface area contributed by atoms with Gasteiger partial charge in [-0.15, -0.1) is 0 Å². The number of nitro groups is 1. The fourth-order valence-electron chi connectivity index (χ4n) is 3.64. The number of piperidine rings is 2. The molecule has 0 saturated carbocycles. The van der Waals surface area contributed by atoms with E-state index in [1.54, 1.807) is 4.90 Å². The molecule has 0 unspecified atom stereocenters. The Hall–Kier alpha value is -2.44. The van der Waals surface area contributed by atoms with E-state index >= 15 is 0 Å². The molecule has 0 aromatic heterocycles. The van der Waals surface area contributed by atoms with E-state index in [2.05, 4.69) is 0 Å². The number of likely N-dealkylation sites (tertiary alicyclic amines) is 2. The van der Waals surface area contributed by atoms with Gasteiger partial charge in [0, 0.05) is 43.9 Å². The molecule has 7 nitrogen and oxygen atoms in total. The van der Waals surface area contributed by atoms with Crippen LogP contribution in [0.2, 0.25) is 0 Å². The lowest BCUT2D eigenvalue weighted by Gasteiger charge is -2.36. The van der Waals surface area contributed by atoms with Gasteiger partial charge < -0.3 is 9.80 Å². The standard InChI is InChI=1S/C18H23N3O4/c22-17(14-6-8-16(9-7-14)21(24)25)20-12-4-5-15(13-20)18(23)19-10-2-1-3-11-19/h6-9,15H,1-5,10-13H2/t15-/m0/s1. The number of hydrogen-bond acceptors (Lipinski definition) is 4. The van der Waals surface area contributed by atoms with Gasteiger partial charge in [-0.3, -0.25) is 19.7 Å². The molecular formula is C18H23N3O4. The molecule has 1 aromatic carbocycles. The molecule has 2 heterocycles. The Bertz CT molecular complexity index is 653. The van der Waals surface area contributed by atoms with Gasteiger partial charge in [-0.2, -0.15) is 0 Å². The Morgan fingerprint density at radius 1 is 0.960 bits per heavy atom. The zero-order valence-electron chi connectivity index (χ0n) is 14.2. The minimum atomic E-state index is -0.484. The number of non-ortho nitro benzene ring substituents is 1. The van der Waals surface area contributed by atoms with Crippen molar-refractivity contribution in [3.05, 3.63) is 39.9 Å². The van der Waals surface area contributed by atoms with Gasteiger partial charge in [0.05, 0.1) is 10.8 Å². The largest absolute Gasteiger partial charge is 0.342 e. The summed E-state index contributed by atoms with van der Waals surface area (Å²) in [6.45, 7) is 2.71. The molecule has 0 radical (unpaired) electrons. The lowest BCUT2D eigenvalue weighted by molar-refractivity contribution is -0.384. The predicted molar refractivity (Wildman–Crippen MR) is 92.2 cm³/mol. The van der Waals surface area contributed by atoms with Crippen LogP contribution in [0.25, 0.3) is 0 Å². The van der Waals surface area contributed by atoms with Crippen molar-refractivity contribution in [2.75, 3.05) is 26.2 Å². The van der Waals surface area contributed by atoms with Gasteiger partial charge in [0.15, 0.2) is 0 Å². The molecule has 0 bridgehead atoms. The highest BCUT2D eigenvalue weighted by Gasteiger charge is 2.32. The summed E-state index contributed by atoms with van der Waals surface area (Å²) in [6, 6.07) is 5.65. The summed E-state index contributed by atoms with van der Waals surface area (Å²) in [5, 5.41) is 10.7. The highest BCUT2D eigenvalue weighted by Crippen LogP contribution is 2.23. The van der Waals surface area contributed by atoms with Crippen molar-refractivity contribution in [3.8, 4) is 0 Å². The van der Waals surface area contributed by atoms with Crippen molar-refractivity contribution in [1.29, 1.82) is 0 Å². The lowest BCUT2D eigenvalue weighted by atomic mass is 9.95. The van der Waals surface area contributed by atoms with E-state index in [0.717, 1.165) is 38.8 Å². The molecule has 2 amide bonds. The van der Waals surface area contributed by atoms with Crippen molar-refractivity contribution in [2.45, 2.75) is 32.1 Å². The number of hydrogen-bond donors (Lipinski definition) is 0. The second kappa shape index (κ2) is 7.63. The average Bonchev–Trinajstić information content (AvgIpc) is 2.67. The molecular weight excluding hydrogens is 322 g/mol. The van der Waals surface area contributed by atoms with Crippen molar-refractivity contribution < 1.29 is 14.5 Å². The second-order valence-corrected chi connectivity index (χ2v) is 6.78. The number of carbonyl (C=O) groups excluding carboxylic acids is 2. The molecule has 25 heavy (non-hydrogen) atoms. The maximum Gasteiger partial charge on any atom is 0.269 e. The molecule has 1 atom stereocenters. The third-order valence-electron chi connectivity index (χ3n) is 5.05. The van der Waals surface area contributed by atoms with E-state index in [0.29, 0.717) is 18.7 Å². The van der Waals surface area contributed by atoms with Crippen LogP contribution in [0.5, 0.6) is 0 Å². The van der Waals surface area contributed by atoms with Gasteiger partial charge in [0.25, 0.3) is 11.6 Å². The summed E-state index contributed by atoms with van der Waals surface area (Å²) in [5.41, 5.74) is 0.394. The molecule has 2 fully saturated rings. The van der Waals surface area contributed by atoms with E-state index < -0.39 is 4.92 Å². The van der Waals surface area contributed by atoms with Crippen LogP contribution in [0.1, 0.15) is 42.5 Å². The van der Waals surface area contributed by atoms with Crippen LogP contribution in [0.15, 0.2) is 24.3 Å². The molecule has 2 saturated heterocycles. The first kappa shape index (κ1) is 17.4. The maximum absolute atomic E-state index is 12.7. The summed E-state index contributed by atoms with van der Waals surface area (Å²) >= 11 is 0. The van der Waals surface area contributed by atoms with Crippen molar-refractivity contribution in [3.63, 3.8) is 0 Å². The van der Waals surface area contributed by atoms with Gasteiger partial charge in [-0.05, 0) is 44.2 Å². The topological polar surface area (TPSA) is 83.8 Å². The van der Waals surface area contributed by atoms with E-state index in [1.165, 1.54) is 30.7 Å². The first-order chi connectivity index (χ1) is 12.1. The highest BCUT2D eigenvalue weighted by molar-refractivity contribution is 5.95. The Morgan fingerprint density at radius 3 is 2.24 bits per heavy atom.